The standard InChI is InChI=1S/C14H20O2/c1-5-13(15)16-10-11-6-8-12(9-7-11)14(2,3)4/h6-9H,5,10H2,1-4H3. The molecule has 0 atom stereocenters. The monoisotopic (exact) mass is 220 g/mol. The van der Waals surface area contributed by atoms with Gasteiger partial charge < -0.3 is 4.74 Å². The highest BCUT2D eigenvalue weighted by molar-refractivity contribution is 5.68. The molecule has 1 aromatic rings. The first-order valence-electron chi connectivity index (χ1n) is 5.68. The van der Waals surface area contributed by atoms with Crippen LogP contribution < -0.4 is 0 Å². The number of rotatable bonds is 3. The quantitative estimate of drug-likeness (QED) is 0.729. The Morgan fingerprint density at radius 3 is 2.19 bits per heavy atom. The van der Waals surface area contributed by atoms with Gasteiger partial charge in [0.25, 0.3) is 0 Å². The van der Waals surface area contributed by atoms with Gasteiger partial charge in [-0.15, -0.1) is 0 Å². The minimum absolute atomic E-state index is 0.153. The minimum atomic E-state index is -0.153. The van der Waals surface area contributed by atoms with Gasteiger partial charge in [-0.25, -0.2) is 0 Å². The fraction of sp³-hybridized carbons (Fsp3) is 0.500. The summed E-state index contributed by atoms with van der Waals surface area (Å²) in [6.45, 7) is 8.71. The van der Waals surface area contributed by atoms with Crippen LogP contribution in [0.5, 0.6) is 0 Å². The summed E-state index contributed by atoms with van der Waals surface area (Å²) in [6, 6.07) is 8.22. The molecule has 1 aromatic carbocycles. The maximum atomic E-state index is 11.0. The largest absolute Gasteiger partial charge is 0.461 e. The fourth-order valence-corrected chi connectivity index (χ4v) is 1.37. The molecule has 0 saturated carbocycles. The van der Waals surface area contributed by atoms with Crippen molar-refractivity contribution >= 4 is 5.97 Å². The third kappa shape index (κ3) is 3.69. The van der Waals surface area contributed by atoms with Gasteiger partial charge >= 0.3 is 5.97 Å². The second-order valence-corrected chi connectivity index (χ2v) is 4.96. The lowest BCUT2D eigenvalue weighted by molar-refractivity contribution is -0.144. The second kappa shape index (κ2) is 5.15. The van der Waals surface area contributed by atoms with Gasteiger partial charge in [0, 0.05) is 6.42 Å². The highest BCUT2D eigenvalue weighted by atomic mass is 16.5. The predicted octanol–water partition coefficient (Wildman–Crippen LogP) is 3.44. The summed E-state index contributed by atoms with van der Waals surface area (Å²) in [7, 11) is 0. The van der Waals surface area contributed by atoms with Gasteiger partial charge in [-0.3, -0.25) is 4.79 Å². The van der Waals surface area contributed by atoms with E-state index in [4.69, 9.17) is 4.74 Å². The van der Waals surface area contributed by atoms with Crippen molar-refractivity contribution in [1.29, 1.82) is 0 Å². The number of esters is 1. The first-order chi connectivity index (χ1) is 7.43. The fourth-order valence-electron chi connectivity index (χ4n) is 1.37. The zero-order valence-corrected chi connectivity index (χ0v) is 10.5. The maximum Gasteiger partial charge on any atom is 0.305 e. The zero-order chi connectivity index (χ0) is 12.2. The highest BCUT2D eigenvalue weighted by Gasteiger charge is 2.12. The van der Waals surface area contributed by atoms with E-state index in [1.54, 1.807) is 6.92 Å². The molecule has 0 fully saturated rings. The van der Waals surface area contributed by atoms with Gasteiger partial charge in [0.2, 0.25) is 0 Å². The number of hydrogen-bond donors (Lipinski definition) is 0. The number of hydrogen-bond acceptors (Lipinski definition) is 2. The Balaban J connectivity index is 2.62. The van der Waals surface area contributed by atoms with Gasteiger partial charge in [-0.2, -0.15) is 0 Å². The minimum Gasteiger partial charge on any atom is -0.461 e. The average Bonchev–Trinajstić information content (AvgIpc) is 2.25. The lowest BCUT2D eigenvalue weighted by Gasteiger charge is -2.19. The topological polar surface area (TPSA) is 26.3 Å². The lowest BCUT2D eigenvalue weighted by Crippen LogP contribution is -2.11. The summed E-state index contributed by atoms with van der Waals surface area (Å²) in [4.78, 5) is 11.0. The number of ether oxygens (including phenoxy) is 1. The van der Waals surface area contributed by atoms with E-state index in [1.165, 1.54) is 5.56 Å². The number of carbonyl (C=O) groups excluding carboxylic acids is 1. The van der Waals surface area contributed by atoms with Crippen LogP contribution in [0, 0.1) is 0 Å². The van der Waals surface area contributed by atoms with Gasteiger partial charge in [0.15, 0.2) is 0 Å². The molecule has 0 N–H and O–H groups in total. The van der Waals surface area contributed by atoms with Gasteiger partial charge in [0.1, 0.15) is 6.61 Å². The van der Waals surface area contributed by atoms with Crippen LogP contribution in [-0.4, -0.2) is 5.97 Å². The van der Waals surface area contributed by atoms with Crippen LogP contribution in [0.1, 0.15) is 45.2 Å². The van der Waals surface area contributed by atoms with Crippen molar-refractivity contribution in [2.24, 2.45) is 0 Å². The molecular formula is C14H20O2. The molecular weight excluding hydrogens is 200 g/mol. The third-order valence-electron chi connectivity index (χ3n) is 2.51. The lowest BCUT2D eigenvalue weighted by atomic mass is 9.87. The SMILES string of the molecule is CCC(=O)OCc1ccc(C(C)(C)C)cc1. The molecule has 0 radical (unpaired) electrons. The third-order valence-corrected chi connectivity index (χ3v) is 2.51. The Labute approximate surface area is 97.6 Å². The molecule has 0 unspecified atom stereocenters. The molecule has 0 heterocycles. The van der Waals surface area contributed by atoms with E-state index in [0.717, 1.165) is 5.56 Å². The summed E-state index contributed by atoms with van der Waals surface area (Å²) in [6.07, 6.45) is 0.431. The Morgan fingerprint density at radius 1 is 1.19 bits per heavy atom. The molecule has 0 spiro atoms. The molecule has 0 aliphatic carbocycles. The summed E-state index contributed by atoms with van der Waals surface area (Å²) < 4.78 is 5.06. The van der Waals surface area contributed by atoms with Gasteiger partial charge in [-0.05, 0) is 16.5 Å². The Bertz CT molecular complexity index is 344. The zero-order valence-electron chi connectivity index (χ0n) is 10.5. The normalized spacial score (nSPS) is 11.2. The smallest absolute Gasteiger partial charge is 0.305 e. The van der Waals surface area contributed by atoms with Gasteiger partial charge in [-0.1, -0.05) is 52.0 Å². The Kier molecular flexibility index (Phi) is 4.11. The van der Waals surface area contributed by atoms with E-state index in [2.05, 4.69) is 32.9 Å². The van der Waals surface area contributed by atoms with Crippen molar-refractivity contribution < 1.29 is 9.53 Å². The molecule has 1 rings (SSSR count). The molecule has 88 valence electrons. The molecule has 0 aromatic heterocycles. The predicted molar refractivity (Wildman–Crippen MR) is 65.2 cm³/mol. The summed E-state index contributed by atoms with van der Waals surface area (Å²) in [5, 5.41) is 0. The van der Waals surface area contributed by atoms with Crippen molar-refractivity contribution in [3.05, 3.63) is 35.4 Å². The first-order valence-corrected chi connectivity index (χ1v) is 5.68. The van der Waals surface area contributed by atoms with Crippen LogP contribution in [0.4, 0.5) is 0 Å². The van der Waals surface area contributed by atoms with Crippen LogP contribution >= 0.6 is 0 Å². The van der Waals surface area contributed by atoms with E-state index in [9.17, 15) is 4.79 Å². The van der Waals surface area contributed by atoms with Crippen molar-refractivity contribution in [3.63, 3.8) is 0 Å². The van der Waals surface area contributed by atoms with Crippen molar-refractivity contribution in [3.8, 4) is 0 Å². The molecule has 0 aliphatic rings. The summed E-state index contributed by atoms with van der Waals surface area (Å²) in [5.41, 5.74) is 2.49. The van der Waals surface area contributed by atoms with E-state index in [1.807, 2.05) is 12.1 Å². The van der Waals surface area contributed by atoms with E-state index in [-0.39, 0.29) is 11.4 Å². The van der Waals surface area contributed by atoms with E-state index in [0.29, 0.717) is 13.0 Å². The second-order valence-electron chi connectivity index (χ2n) is 4.96. The van der Waals surface area contributed by atoms with Crippen molar-refractivity contribution in [2.75, 3.05) is 0 Å². The number of carbonyl (C=O) groups is 1. The number of benzene rings is 1. The van der Waals surface area contributed by atoms with Crippen LogP contribution in [0.15, 0.2) is 24.3 Å². The Hall–Kier alpha value is -1.31. The maximum absolute atomic E-state index is 11.0. The summed E-state index contributed by atoms with van der Waals surface area (Å²) >= 11 is 0. The van der Waals surface area contributed by atoms with Gasteiger partial charge in [0.05, 0.1) is 0 Å². The van der Waals surface area contributed by atoms with Crippen LogP contribution in [0.25, 0.3) is 0 Å². The molecule has 16 heavy (non-hydrogen) atoms. The van der Waals surface area contributed by atoms with Crippen LogP contribution in [0.2, 0.25) is 0 Å². The highest BCUT2D eigenvalue weighted by Crippen LogP contribution is 2.22. The Morgan fingerprint density at radius 2 is 1.75 bits per heavy atom. The molecule has 2 nitrogen and oxygen atoms in total. The van der Waals surface area contributed by atoms with Crippen molar-refractivity contribution in [1.82, 2.24) is 0 Å². The van der Waals surface area contributed by atoms with Crippen LogP contribution in [-0.2, 0) is 21.6 Å². The average molecular weight is 220 g/mol. The molecule has 2 heteroatoms. The molecule has 0 amide bonds. The first kappa shape index (κ1) is 12.8. The van der Waals surface area contributed by atoms with Crippen molar-refractivity contribution in [2.45, 2.75) is 46.1 Å². The summed E-state index contributed by atoms with van der Waals surface area (Å²) in [5.74, 6) is -0.153. The molecule has 0 saturated heterocycles. The van der Waals surface area contributed by atoms with E-state index < -0.39 is 0 Å². The van der Waals surface area contributed by atoms with E-state index >= 15 is 0 Å². The van der Waals surface area contributed by atoms with Crippen LogP contribution in [0.3, 0.4) is 0 Å². The molecule has 0 aliphatic heterocycles. The molecule has 0 bridgehead atoms.